The van der Waals surface area contributed by atoms with E-state index >= 15 is 0 Å². The SMILES string of the molecule is FC1(F)C(Cl)C(Cl)C(F)(F)C1(F)F. The number of hydrogen-bond acceptors (Lipinski definition) is 0. The summed E-state index contributed by atoms with van der Waals surface area (Å²) in [6, 6.07) is 0. The molecule has 8 heteroatoms. The average molecular weight is 247 g/mol. The van der Waals surface area contributed by atoms with Crippen LogP contribution >= 0.6 is 23.2 Å². The second-order valence-corrected chi connectivity index (χ2v) is 3.56. The minimum atomic E-state index is -5.50. The molecule has 1 aliphatic carbocycles. The number of alkyl halides is 8. The van der Waals surface area contributed by atoms with Crippen LogP contribution < -0.4 is 0 Å². The summed E-state index contributed by atoms with van der Waals surface area (Å²) < 4.78 is 74.3. The third kappa shape index (κ3) is 1.08. The summed E-state index contributed by atoms with van der Waals surface area (Å²) >= 11 is 9.36. The van der Waals surface area contributed by atoms with E-state index in [4.69, 9.17) is 0 Å². The third-order valence-corrected chi connectivity index (χ3v) is 2.97. The van der Waals surface area contributed by atoms with Gasteiger partial charge in [0.15, 0.2) is 0 Å². The van der Waals surface area contributed by atoms with Crippen molar-refractivity contribution in [2.45, 2.75) is 28.5 Å². The smallest absolute Gasteiger partial charge is 0.198 e. The van der Waals surface area contributed by atoms with Gasteiger partial charge in [-0.15, -0.1) is 23.2 Å². The lowest BCUT2D eigenvalue weighted by molar-refractivity contribution is -0.269. The van der Waals surface area contributed by atoms with Gasteiger partial charge in [-0.25, -0.2) is 0 Å². The second kappa shape index (κ2) is 2.59. The van der Waals surface area contributed by atoms with Crippen LogP contribution in [0.2, 0.25) is 0 Å². The summed E-state index contributed by atoms with van der Waals surface area (Å²) in [6.45, 7) is 0. The van der Waals surface area contributed by atoms with Gasteiger partial charge in [-0.1, -0.05) is 0 Å². The molecule has 1 saturated carbocycles. The molecule has 78 valence electrons. The zero-order valence-electron chi connectivity index (χ0n) is 5.68. The van der Waals surface area contributed by atoms with Gasteiger partial charge in [0.2, 0.25) is 0 Å². The van der Waals surface area contributed by atoms with E-state index < -0.39 is 28.5 Å². The first-order chi connectivity index (χ1) is 5.57. The molecule has 0 amide bonds. The summed E-state index contributed by atoms with van der Waals surface area (Å²) in [7, 11) is 0. The average Bonchev–Trinajstić information content (AvgIpc) is 2.05. The number of hydrogen-bond donors (Lipinski definition) is 0. The highest BCUT2D eigenvalue weighted by molar-refractivity contribution is 6.31. The topological polar surface area (TPSA) is 0 Å². The maximum atomic E-state index is 12.4. The Balaban J connectivity index is 3.23. The molecule has 0 radical (unpaired) electrons. The van der Waals surface area contributed by atoms with E-state index in [0.717, 1.165) is 0 Å². The first-order valence-corrected chi connectivity index (χ1v) is 3.85. The Morgan fingerprint density at radius 1 is 0.692 bits per heavy atom. The molecule has 0 aromatic rings. The Labute approximate surface area is 78.8 Å². The van der Waals surface area contributed by atoms with Gasteiger partial charge >= 0.3 is 17.8 Å². The fraction of sp³-hybridized carbons (Fsp3) is 1.00. The fourth-order valence-electron chi connectivity index (χ4n) is 0.936. The van der Waals surface area contributed by atoms with Crippen LogP contribution in [0.15, 0.2) is 0 Å². The lowest BCUT2D eigenvalue weighted by Gasteiger charge is -2.23. The van der Waals surface area contributed by atoms with Gasteiger partial charge in [0.05, 0.1) is 0 Å². The van der Waals surface area contributed by atoms with Crippen LogP contribution in [-0.2, 0) is 0 Å². The van der Waals surface area contributed by atoms with E-state index in [-0.39, 0.29) is 0 Å². The van der Waals surface area contributed by atoms with Gasteiger partial charge in [0.25, 0.3) is 0 Å². The minimum Gasteiger partial charge on any atom is -0.198 e. The van der Waals surface area contributed by atoms with E-state index in [1.54, 1.807) is 0 Å². The van der Waals surface area contributed by atoms with Crippen LogP contribution in [0.1, 0.15) is 0 Å². The molecule has 1 fully saturated rings. The molecule has 0 saturated heterocycles. The molecule has 2 unspecified atom stereocenters. The summed E-state index contributed by atoms with van der Waals surface area (Å²) in [5.41, 5.74) is 0. The predicted octanol–water partition coefficient (Wildman–Crippen LogP) is 3.12. The first kappa shape index (κ1) is 11.2. The monoisotopic (exact) mass is 246 g/mol. The minimum absolute atomic E-state index is 2.78. The molecule has 0 heterocycles. The van der Waals surface area contributed by atoms with Crippen molar-refractivity contribution < 1.29 is 26.3 Å². The highest BCUT2D eigenvalue weighted by Gasteiger charge is 2.84. The van der Waals surface area contributed by atoms with Gasteiger partial charge in [0.1, 0.15) is 10.8 Å². The van der Waals surface area contributed by atoms with E-state index in [2.05, 4.69) is 23.2 Å². The van der Waals surface area contributed by atoms with E-state index in [1.807, 2.05) is 0 Å². The lowest BCUT2D eigenvalue weighted by atomic mass is 10.2. The van der Waals surface area contributed by atoms with Crippen molar-refractivity contribution in [1.82, 2.24) is 0 Å². The summed E-state index contributed by atoms with van der Waals surface area (Å²) in [6.07, 6.45) is 0. The Kier molecular flexibility index (Phi) is 2.24. The molecule has 0 N–H and O–H groups in total. The molecule has 0 nitrogen and oxygen atoms in total. The van der Waals surface area contributed by atoms with Gasteiger partial charge < -0.3 is 0 Å². The highest BCUT2D eigenvalue weighted by atomic mass is 35.5. The lowest BCUT2D eigenvalue weighted by Crippen LogP contribution is -2.48. The summed E-state index contributed by atoms with van der Waals surface area (Å²) in [5, 5.41) is -5.56. The molecule has 0 spiro atoms. The molecule has 13 heavy (non-hydrogen) atoms. The van der Waals surface area contributed by atoms with Crippen molar-refractivity contribution in [3.63, 3.8) is 0 Å². The molecule has 1 aliphatic rings. The van der Waals surface area contributed by atoms with Crippen LogP contribution in [0, 0.1) is 0 Å². The molecule has 1 rings (SSSR count). The van der Waals surface area contributed by atoms with E-state index in [1.165, 1.54) is 0 Å². The molecular formula is C5H2Cl2F6. The van der Waals surface area contributed by atoms with Crippen molar-refractivity contribution in [1.29, 1.82) is 0 Å². The van der Waals surface area contributed by atoms with Crippen molar-refractivity contribution in [2.75, 3.05) is 0 Å². The number of halogens is 8. The fourth-order valence-corrected chi connectivity index (χ4v) is 1.53. The molecule has 0 aromatic carbocycles. The Hall–Kier alpha value is 0.160. The van der Waals surface area contributed by atoms with Crippen LogP contribution in [-0.4, -0.2) is 28.5 Å². The molecular weight excluding hydrogens is 245 g/mol. The zero-order chi connectivity index (χ0) is 10.7. The van der Waals surface area contributed by atoms with E-state index in [0.29, 0.717) is 0 Å². The van der Waals surface area contributed by atoms with Crippen molar-refractivity contribution in [2.24, 2.45) is 0 Å². The summed E-state index contributed by atoms with van der Waals surface area (Å²) in [4.78, 5) is 0. The van der Waals surface area contributed by atoms with Crippen LogP contribution in [0.5, 0.6) is 0 Å². The van der Waals surface area contributed by atoms with Crippen LogP contribution in [0.3, 0.4) is 0 Å². The maximum Gasteiger partial charge on any atom is 0.375 e. The number of rotatable bonds is 0. The highest BCUT2D eigenvalue weighted by Crippen LogP contribution is 2.59. The standard InChI is InChI=1S/C5H2Cl2F6/c6-1-2(7)4(10,11)5(12,13)3(1,8)9/h1-2H. The van der Waals surface area contributed by atoms with E-state index in [9.17, 15) is 26.3 Å². The molecule has 0 aliphatic heterocycles. The van der Waals surface area contributed by atoms with Gasteiger partial charge in [0, 0.05) is 0 Å². The molecule has 0 aromatic heterocycles. The Bertz CT molecular complexity index is 205. The zero-order valence-corrected chi connectivity index (χ0v) is 7.19. The Morgan fingerprint density at radius 2 is 0.923 bits per heavy atom. The van der Waals surface area contributed by atoms with Gasteiger partial charge in [-0.05, 0) is 0 Å². The first-order valence-electron chi connectivity index (χ1n) is 2.98. The summed E-state index contributed by atoms with van der Waals surface area (Å²) in [5.74, 6) is -15.5. The Morgan fingerprint density at radius 3 is 1.00 bits per heavy atom. The maximum absolute atomic E-state index is 12.4. The van der Waals surface area contributed by atoms with Crippen molar-refractivity contribution in [3.8, 4) is 0 Å². The molecule has 2 atom stereocenters. The normalized spacial score (nSPS) is 40.6. The van der Waals surface area contributed by atoms with Gasteiger partial charge in [-0.3, -0.25) is 0 Å². The quantitative estimate of drug-likeness (QED) is 0.455. The second-order valence-electron chi connectivity index (χ2n) is 2.62. The molecule has 0 bridgehead atoms. The van der Waals surface area contributed by atoms with Crippen molar-refractivity contribution in [3.05, 3.63) is 0 Å². The predicted molar refractivity (Wildman–Crippen MR) is 34.1 cm³/mol. The largest absolute Gasteiger partial charge is 0.375 e. The third-order valence-electron chi connectivity index (χ3n) is 1.79. The van der Waals surface area contributed by atoms with Crippen molar-refractivity contribution >= 4 is 23.2 Å². The van der Waals surface area contributed by atoms with Crippen LogP contribution in [0.25, 0.3) is 0 Å². The van der Waals surface area contributed by atoms with Crippen LogP contribution in [0.4, 0.5) is 26.3 Å². The van der Waals surface area contributed by atoms with Gasteiger partial charge in [-0.2, -0.15) is 26.3 Å².